The SMILES string of the molecule is [2H]c1c([2H])c([2H])c2c(c1[2H])c1c([2H])c(Br)c([2H])c([2H])c1n2-c1nc(-c2ccccc2)nc(-c2ccccc2)n1. The van der Waals surface area contributed by atoms with Gasteiger partial charge in [0.2, 0.25) is 5.95 Å². The van der Waals surface area contributed by atoms with E-state index in [9.17, 15) is 0 Å². The monoisotopic (exact) mass is 483 g/mol. The van der Waals surface area contributed by atoms with Crippen molar-refractivity contribution < 1.29 is 9.60 Å². The fourth-order valence-electron chi connectivity index (χ4n) is 3.59. The highest BCUT2D eigenvalue weighted by Gasteiger charge is 2.17. The number of rotatable bonds is 3. The first kappa shape index (κ1) is 12.9. The molecule has 0 N–H and O–H groups in total. The molecule has 2 aromatic heterocycles. The first-order chi connectivity index (χ1) is 18.7. The molecule has 6 aromatic rings. The third-order valence-electron chi connectivity index (χ3n) is 5.01. The van der Waals surface area contributed by atoms with Gasteiger partial charge in [-0.3, -0.25) is 4.57 Å². The van der Waals surface area contributed by atoms with E-state index in [1.165, 1.54) is 4.57 Å². The Balaban J connectivity index is 1.85. The number of fused-ring (bicyclic) bond motifs is 3. The van der Waals surface area contributed by atoms with Crippen LogP contribution in [-0.4, -0.2) is 19.5 Å². The Kier molecular flexibility index (Phi) is 3.10. The molecule has 0 aliphatic heterocycles. The van der Waals surface area contributed by atoms with E-state index in [0.717, 1.165) is 0 Å². The van der Waals surface area contributed by atoms with Crippen LogP contribution in [0.1, 0.15) is 9.60 Å². The molecule has 0 radical (unpaired) electrons. The zero-order valence-corrected chi connectivity index (χ0v) is 18.0. The predicted octanol–water partition coefficient (Wildman–Crippen LogP) is 7.07. The molecule has 0 saturated carbocycles. The number of halogens is 1. The third-order valence-corrected chi connectivity index (χ3v) is 5.41. The molecule has 6 rings (SSSR count). The zero-order valence-electron chi connectivity index (χ0n) is 23.4. The van der Waals surface area contributed by atoms with Crippen molar-refractivity contribution in [2.75, 3.05) is 0 Å². The molecule has 152 valence electrons. The number of para-hydroxylation sites is 1. The van der Waals surface area contributed by atoms with Crippen LogP contribution in [0.3, 0.4) is 0 Å². The molecule has 2 heterocycles. The molecule has 32 heavy (non-hydrogen) atoms. The molecule has 0 atom stereocenters. The van der Waals surface area contributed by atoms with Gasteiger partial charge in [-0.05, 0) is 24.2 Å². The first-order valence-electron chi connectivity index (χ1n) is 13.3. The number of aromatic nitrogens is 4. The predicted molar refractivity (Wildman–Crippen MR) is 133 cm³/mol. The average Bonchev–Trinajstić information content (AvgIpc) is 3.34. The largest absolute Gasteiger partial charge is 0.278 e. The summed E-state index contributed by atoms with van der Waals surface area (Å²) in [6.45, 7) is 0. The summed E-state index contributed by atoms with van der Waals surface area (Å²) in [7, 11) is 0. The van der Waals surface area contributed by atoms with Gasteiger partial charge in [-0.25, -0.2) is 4.98 Å². The van der Waals surface area contributed by atoms with Crippen molar-refractivity contribution in [2.45, 2.75) is 0 Å². The molecule has 0 amide bonds. The summed E-state index contributed by atoms with van der Waals surface area (Å²) in [6, 6.07) is 16.1. The van der Waals surface area contributed by atoms with Gasteiger partial charge in [-0.1, -0.05) is 94.7 Å². The highest BCUT2D eigenvalue weighted by molar-refractivity contribution is 9.10. The van der Waals surface area contributed by atoms with E-state index in [-0.39, 0.29) is 62.4 Å². The van der Waals surface area contributed by atoms with E-state index in [0.29, 0.717) is 22.8 Å². The van der Waals surface area contributed by atoms with Crippen LogP contribution in [0, 0.1) is 0 Å². The van der Waals surface area contributed by atoms with Crippen LogP contribution in [0.25, 0.3) is 50.5 Å². The number of hydrogen-bond donors (Lipinski definition) is 0. The molecule has 0 saturated heterocycles. The fraction of sp³-hybridized carbons (Fsp3) is 0. The lowest BCUT2D eigenvalue weighted by atomic mass is 10.2. The molecule has 4 aromatic carbocycles. The molecule has 4 nitrogen and oxygen atoms in total. The maximum Gasteiger partial charge on any atom is 0.238 e. The normalized spacial score (nSPS) is 14.3. The second kappa shape index (κ2) is 7.70. The van der Waals surface area contributed by atoms with Crippen molar-refractivity contribution in [2.24, 2.45) is 0 Å². The lowest BCUT2D eigenvalue weighted by Gasteiger charge is -2.10. The summed E-state index contributed by atoms with van der Waals surface area (Å²) in [4.78, 5) is 14.0. The molecule has 0 spiro atoms. The smallest absolute Gasteiger partial charge is 0.238 e. The summed E-state index contributed by atoms with van der Waals surface area (Å²) in [5.74, 6) is 0.634. The summed E-state index contributed by atoms with van der Waals surface area (Å²) in [6.07, 6.45) is 0. The molecule has 0 aliphatic rings. The van der Waals surface area contributed by atoms with Gasteiger partial charge in [-0.15, -0.1) is 0 Å². The van der Waals surface area contributed by atoms with Crippen LogP contribution < -0.4 is 0 Å². The van der Waals surface area contributed by atoms with E-state index in [2.05, 4.69) is 30.9 Å². The van der Waals surface area contributed by atoms with Crippen LogP contribution in [0.15, 0.2) is 107 Å². The molecular formula is C27H17BrN4. The van der Waals surface area contributed by atoms with Gasteiger partial charge in [0, 0.05) is 26.4 Å². The fourth-order valence-corrected chi connectivity index (χ4v) is 3.89. The van der Waals surface area contributed by atoms with E-state index in [1.807, 2.05) is 60.7 Å². The van der Waals surface area contributed by atoms with Crippen molar-refractivity contribution in [3.63, 3.8) is 0 Å². The number of nitrogens with zero attached hydrogens (tertiary/aromatic N) is 4. The van der Waals surface area contributed by atoms with Gasteiger partial charge < -0.3 is 0 Å². The van der Waals surface area contributed by atoms with Gasteiger partial charge in [0.1, 0.15) is 0 Å². The topological polar surface area (TPSA) is 43.6 Å². The van der Waals surface area contributed by atoms with Crippen molar-refractivity contribution in [3.8, 4) is 28.7 Å². The van der Waals surface area contributed by atoms with Crippen molar-refractivity contribution in [1.82, 2.24) is 19.5 Å². The standard InChI is InChI=1S/C27H17BrN4/c28-20-15-16-24-22(17-20)21-13-7-8-14-23(21)32(24)27-30-25(18-9-3-1-4-10-18)29-26(31-27)19-11-5-2-6-12-19/h1-17H/i7D,8D,13D,14D,15D,16D,17D. The van der Waals surface area contributed by atoms with Crippen molar-refractivity contribution in [3.05, 3.63) is 107 Å². The second-order valence-electron chi connectivity index (χ2n) is 6.99. The quantitative estimate of drug-likeness (QED) is 0.270. The molecular weight excluding hydrogens is 460 g/mol. The highest BCUT2D eigenvalue weighted by Crippen LogP contribution is 2.33. The Labute approximate surface area is 203 Å². The lowest BCUT2D eigenvalue weighted by molar-refractivity contribution is 0.953. The molecule has 0 fully saturated rings. The maximum absolute atomic E-state index is 8.82. The Bertz CT molecular complexity index is 1810. The van der Waals surface area contributed by atoms with Gasteiger partial charge in [0.05, 0.1) is 20.6 Å². The zero-order chi connectivity index (χ0) is 27.6. The Morgan fingerprint density at radius 3 is 1.91 bits per heavy atom. The molecule has 0 aliphatic carbocycles. The minimum Gasteiger partial charge on any atom is -0.278 e. The van der Waals surface area contributed by atoms with Crippen LogP contribution in [0.4, 0.5) is 0 Å². The Morgan fingerprint density at radius 1 is 0.656 bits per heavy atom. The summed E-state index contributed by atoms with van der Waals surface area (Å²) < 4.78 is 61.5. The average molecular weight is 484 g/mol. The lowest BCUT2D eigenvalue weighted by Crippen LogP contribution is -2.06. The van der Waals surface area contributed by atoms with Crippen molar-refractivity contribution in [1.29, 1.82) is 0 Å². The summed E-state index contributed by atoms with van der Waals surface area (Å²) in [5, 5.41) is 0.158. The minimum atomic E-state index is -0.472. The molecule has 0 unspecified atom stereocenters. The van der Waals surface area contributed by atoms with Crippen molar-refractivity contribution >= 4 is 37.7 Å². The van der Waals surface area contributed by atoms with Crippen LogP contribution in [-0.2, 0) is 0 Å². The van der Waals surface area contributed by atoms with Crippen LogP contribution in [0.5, 0.6) is 0 Å². The van der Waals surface area contributed by atoms with E-state index >= 15 is 0 Å². The third kappa shape index (κ3) is 3.18. The van der Waals surface area contributed by atoms with Gasteiger partial charge in [0.25, 0.3) is 0 Å². The summed E-state index contributed by atoms with van der Waals surface area (Å²) >= 11 is 3.23. The van der Waals surface area contributed by atoms with Gasteiger partial charge in [0.15, 0.2) is 11.6 Å². The number of hydrogen-bond acceptors (Lipinski definition) is 3. The van der Waals surface area contributed by atoms with E-state index < -0.39 is 12.1 Å². The highest BCUT2D eigenvalue weighted by atomic mass is 79.9. The van der Waals surface area contributed by atoms with E-state index in [1.54, 1.807) is 0 Å². The maximum atomic E-state index is 8.82. The Morgan fingerprint density at radius 2 is 1.25 bits per heavy atom. The van der Waals surface area contributed by atoms with E-state index in [4.69, 9.17) is 9.60 Å². The van der Waals surface area contributed by atoms with Gasteiger partial charge in [-0.2, -0.15) is 9.97 Å². The van der Waals surface area contributed by atoms with Crippen LogP contribution >= 0.6 is 15.9 Å². The first-order valence-corrected chi connectivity index (χ1v) is 10.6. The minimum absolute atomic E-state index is 0.00218. The molecule has 0 bridgehead atoms. The number of benzene rings is 4. The van der Waals surface area contributed by atoms with Gasteiger partial charge >= 0.3 is 0 Å². The molecule has 5 heteroatoms. The Hall–Kier alpha value is -3.83. The summed E-state index contributed by atoms with van der Waals surface area (Å²) in [5.41, 5.74) is 1.44. The van der Waals surface area contributed by atoms with Crippen LogP contribution in [0.2, 0.25) is 0 Å². The second-order valence-corrected chi connectivity index (χ2v) is 7.78.